The maximum atomic E-state index is 9.62. The first kappa shape index (κ1) is 21.1. The number of hydrogen-bond acceptors (Lipinski definition) is 2. The molecule has 2 rings (SSSR count). The lowest BCUT2D eigenvalue weighted by Crippen LogP contribution is -1.86. The molecule has 0 unspecified atom stereocenters. The molecule has 1 N–H and O–H groups in total. The van der Waals surface area contributed by atoms with E-state index in [2.05, 4.69) is 37.2 Å². The summed E-state index contributed by atoms with van der Waals surface area (Å²) in [5, 5.41) is 10.9. The molecule has 2 aromatic carbocycles. The largest absolute Gasteiger partial charge is 0.504 e. The molecular weight excluding hydrogens is 663 g/mol. The summed E-state index contributed by atoms with van der Waals surface area (Å²) >= 11 is 21.7. The van der Waals surface area contributed by atoms with Crippen LogP contribution in [0.1, 0.15) is 0 Å². The summed E-state index contributed by atoms with van der Waals surface area (Å²) in [5.74, 6) is 0.635. The van der Waals surface area contributed by atoms with Gasteiger partial charge in [-0.1, -0.05) is 34.8 Å². The summed E-state index contributed by atoms with van der Waals surface area (Å²) in [6.07, 6.45) is 0. The van der Waals surface area contributed by atoms with E-state index in [4.69, 9.17) is 39.5 Å². The first-order chi connectivity index (χ1) is 9.06. The Balaban J connectivity index is 0.00000115. The average molecular weight is 671 g/mol. The topological polar surface area (TPSA) is 29.5 Å². The minimum Gasteiger partial charge on any atom is -0.504 e. The number of halogens is 6. The van der Waals surface area contributed by atoms with Crippen molar-refractivity contribution >= 4 is 96.0 Å². The van der Waals surface area contributed by atoms with Crippen LogP contribution in [0.4, 0.5) is 0 Å². The van der Waals surface area contributed by atoms with Crippen molar-refractivity contribution in [3.05, 3.63) is 51.5 Å². The molecule has 0 bridgehead atoms. The smallest absolute Gasteiger partial charge is 0.169 e. The fourth-order valence-corrected chi connectivity index (χ4v) is 1.87. The summed E-state index contributed by atoms with van der Waals surface area (Å²) < 4.78 is 5.45. The number of aromatic hydroxyl groups is 1. The summed E-state index contributed by atoms with van der Waals surface area (Å²) in [5.41, 5.74) is 0. The Hall–Kier alpha value is 1.10. The molecule has 2 aromatic rings. The van der Waals surface area contributed by atoms with Crippen LogP contribution < -0.4 is 4.74 Å². The van der Waals surface area contributed by atoms with Crippen molar-refractivity contribution in [3.8, 4) is 17.2 Å². The number of phenolic OH excluding ortho intramolecular Hbond substituents is 1. The van der Waals surface area contributed by atoms with Crippen molar-refractivity contribution in [2.24, 2.45) is 0 Å². The van der Waals surface area contributed by atoms with Gasteiger partial charge in [0.05, 0.1) is 5.02 Å². The van der Waals surface area contributed by atoms with Gasteiger partial charge >= 0.3 is 0 Å². The van der Waals surface area contributed by atoms with Gasteiger partial charge in [-0.25, -0.2) is 0 Å². The van der Waals surface area contributed by atoms with Crippen LogP contribution in [-0.2, 0) is 0 Å². The van der Waals surface area contributed by atoms with Crippen LogP contribution >= 0.6 is 96.0 Å². The molecule has 0 fully saturated rings. The number of benzene rings is 2. The summed E-state index contributed by atoms with van der Waals surface area (Å²) in [6.45, 7) is 0. The van der Waals surface area contributed by atoms with Crippen molar-refractivity contribution < 1.29 is 9.84 Å². The Morgan fingerprint density at radius 2 is 1.35 bits per heavy atom. The second-order valence-corrected chi connectivity index (χ2v) is 4.57. The van der Waals surface area contributed by atoms with Crippen molar-refractivity contribution in [3.63, 3.8) is 0 Å². The Labute approximate surface area is 172 Å². The average Bonchev–Trinajstić information content (AvgIpc) is 2.38. The molecule has 0 aromatic heterocycles. The standard InChI is InChI=1S/C12H7Cl3O2.I2.HI/c13-7-1-3-11(9(15)5-7)17-12-4-2-8(14)6-10(12)16;1-2;/h1-6,16H;;1H. The van der Waals surface area contributed by atoms with Gasteiger partial charge in [-0.15, -0.1) is 24.0 Å². The van der Waals surface area contributed by atoms with Crippen LogP contribution in [0.3, 0.4) is 0 Å². The van der Waals surface area contributed by atoms with Gasteiger partial charge in [-0.05, 0) is 30.3 Å². The van der Waals surface area contributed by atoms with E-state index in [1.54, 1.807) is 30.3 Å². The molecule has 110 valence electrons. The van der Waals surface area contributed by atoms with Crippen LogP contribution in [0.2, 0.25) is 15.1 Å². The Morgan fingerprint density at radius 3 is 1.85 bits per heavy atom. The van der Waals surface area contributed by atoms with Gasteiger partial charge in [0.25, 0.3) is 0 Å². The summed E-state index contributed by atoms with van der Waals surface area (Å²) in [4.78, 5) is 0. The van der Waals surface area contributed by atoms with E-state index in [0.717, 1.165) is 0 Å². The SMILES string of the molecule is I.II.Oc1cc(Cl)ccc1Oc1ccc(Cl)cc1Cl. The molecule has 8 heteroatoms. The number of hydrogen-bond donors (Lipinski definition) is 1. The Kier molecular flexibility index (Phi) is 11.4. The highest BCUT2D eigenvalue weighted by Crippen LogP contribution is 2.36. The van der Waals surface area contributed by atoms with Crippen molar-refractivity contribution in [1.29, 1.82) is 0 Å². The van der Waals surface area contributed by atoms with Gasteiger partial charge in [-0.2, -0.15) is 0 Å². The van der Waals surface area contributed by atoms with E-state index >= 15 is 0 Å². The molecule has 0 heterocycles. The molecule has 20 heavy (non-hydrogen) atoms. The fourth-order valence-electron chi connectivity index (χ4n) is 1.25. The molecule has 0 aliphatic carbocycles. The predicted octanol–water partition coefficient (Wildman–Crippen LogP) is 7.53. The molecule has 0 atom stereocenters. The van der Waals surface area contributed by atoms with Crippen molar-refractivity contribution in [2.75, 3.05) is 0 Å². The second kappa shape index (κ2) is 10.8. The molecule has 0 aliphatic heterocycles. The second-order valence-electron chi connectivity index (χ2n) is 3.29. The lowest BCUT2D eigenvalue weighted by atomic mass is 10.3. The van der Waals surface area contributed by atoms with E-state index in [9.17, 15) is 5.11 Å². The molecule has 0 saturated heterocycles. The van der Waals surface area contributed by atoms with Gasteiger partial charge in [0, 0.05) is 53.3 Å². The minimum absolute atomic E-state index is 0. The third-order valence-electron chi connectivity index (χ3n) is 2.03. The molecule has 0 saturated carbocycles. The summed E-state index contributed by atoms with van der Waals surface area (Å²) in [7, 11) is 0. The quantitative estimate of drug-likeness (QED) is 0.335. The van der Waals surface area contributed by atoms with Crippen LogP contribution in [0.5, 0.6) is 17.2 Å². The van der Waals surface area contributed by atoms with Gasteiger partial charge in [-0.3, -0.25) is 0 Å². The molecule has 0 radical (unpaired) electrons. The maximum Gasteiger partial charge on any atom is 0.169 e. The predicted molar refractivity (Wildman–Crippen MR) is 113 cm³/mol. The number of rotatable bonds is 2. The van der Waals surface area contributed by atoms with E-state index in [1.165, 1.54) is 6.07 Å². The van der Waals surface area contributed by atoms with Gasteiger partial charge in [0.2, 0.25) is 0 Å². The lowest BCUT2D eigenvalue weighted by molar-refractivity contribution is 0.411. The van der Waals surface area contributed by atoms with Gasteiger partial charge < -0.3 is 9.84 Å². The van der Waals surface area contributed by atoms with E-state index in [-0.39, 0.29) is 35.5 Å². The highest BCUT2D eigenvalue weighted by atomic mass is 128. The van der Waals surface area contributed by atoms with Crippen molar-refractivity contribution in [1.82, 2.24) is 0 Å². The molecule has 0 spiro atoms. The zero-order chi connectivity index (χ0) is 14.4. The maximum absolute atomic E-state index is 9.62. The van der Waals surface area contributed by atoms with Crippen LogP contribution in [-0.4, -0.2) is 5.11 Å². The third-order valence-corrected chi connectivity index (χ3v) is 2.80. The van der Waals surface area contributed by atoms with Crippen LogP contribution in [0, 0.1) is 0 Å². The van der Waals surface area contributed by atoms with E-state index in [0.29, 0.717) is 20.8 Å². The Morgan fingerprint density at radius 1 is 0.850 bits per heavy atom. The fraction of sp³-hybridized carbons (Fsp3) is 0. The first-order valence-corrected chi connectivity index (χ1v) is 12.2. The normalized spacial score (nSPS) is 9.05. The monoisotopic (exact) mass is 670 g/mol. The molecular formula is C12H8Cl3I3O2. The minimum atomic E-state index is -0.0523. The van der Waals surface area contributed by atoms with Gasteiger partial charge in [0.15, 0.2) is 11.5 Å². The van der Waals surface area contributed by atoms with Crippen LogP contribution in [0.15, 0.2) is 36.4 Å². The van der Waals surface area contributed by atoms with Crippen molar-refractivity contribution in [2.45, 2.75) is 0 Å². The lowest BCUT2D eigenvalue weighted by Gasteiger charge is -2.09. The molecule has 0 amide bonds. The Bertz CT molecular complexity index is 518. The van der Waals surface area contributed by atoms with E-state index < -0.39 is 0 Å². The van der Waals surface area contributed by atoms with E-state index in [1.807, 2.05) is 0 Å². The number of phenols is 1. The van der Waals surface area contributed by atoms with Crippen LogP contribution in [0.25, 0.3) is 0 Å². The third kappa shape index (κ3) is 6.47. The number of ether oxygens (including phenoxy) is 1. The highest BCUT2D eigenvalue weighted by Gasteiger charge is 2.08. The summed E-state index contributed by atoms with van der Waals surface area (Å²) in [6, 6.07) is 9.39. The highest BCUT2D eigenvalue weighted by molar-refractivity contribution is 15.0. The molecule has 2 nitrogen and oxygen atoms in total. The molecule has 0 aliphatic rings. The van der Waals surface area contributed by atoms with Gasteiger partial charge in [0.1, 0.15) is 5.75 Å². The zero-order valence-corrected chi connectivity index (χ0v) is 18.5. The first-order valence-electron chi connectivity index (χ1n) is 4.82. The zero-order valence-electron chi connectivity index (χ0n) is 9.62.